The van der Waals surface area contributed by atoms with E-state index in [0.29, 0.717) is 5.56 Å². The summed E-state index contributed by atoms with van der Waals surface area (Å²) in [5.74, 6) is -2.21. The zero-order valence-corrected chi connectivity index (χ0v) is 21.3. The number of rotatable bonds is 5. The van der Waals surface area contributed by atoms with Crippen molar-refractivity contribution in [2.75, 3.05) is 13.2 Å². The molecule has 0 aromatic heterocycles. The van der Waals surface area contributed by atoms with Crippen LogP contribution in [0.25, 0.3) is 0 Å². The highest BCUT2D eigenvalue weighted by atomic mass is 16.7. The van der Waals surface area contributed by atoms with Crippen molar-refractivity contribution in [3.8, 4) is 11.5 Å². The Balaban J connectivity index is 1.65. The van der Waals surface area contributed by atoms with Gasteiger partial charge in [-0.25, -0.2) is 0 Å². The Morgan fingerprint density at radius 3 is 2.05 bits per heavy atom. The highest BCUT2D eigenvalue weighted by molar-refractivity contribution is 6.16. The monoisotopic (exact) mass is 564 g/mol. The van der Waals surface area contributed by atoms with Crippen molar-refractivity contribution in [3.63, 3.8) is 0 Å². The topological polar surface area (TPSA) is 227 Å². The number of aromatic hydroxyl groups is 1. The first kappa shape index (κ1) is 28.8. The predicted molar refractivity (Wildman–Crippen MR) is 133 cm³/mol. The number of aliphatic hydroxyl groups excluding tert-OH is 8. The minimum absolute atomic E-state index is 0.0986. The molecule has 1 aliphatic carbocycles. The van der Waals surface area contributed by atoms with Gasteiger partial charge in [0.25, 0.3) is 0 Å². The number of carbonyl (C=O) groups excluding carboxylic acids is 1. The molecule has 0 spiro atoms. The highest BCUT2D eigenvalue weighted by Crippen LogP contribution is 2.48. The number of hydrogen-bond donors (Lipinski definition) is 9. The largest absolute Gasteiger partial charge is 0.507 e. The second-order valence-electron chi connectivity index (χ2n) is 10.4. The van der Waals surface area contributed by atoms with Crippen molar-refractivity contribution < 1.29 is 65.0 Å². The molecule has 5 rings (SSSR count). The average Bonchev–Trinajstić information content (AvgIpc) is 2.92. The summed E-state index contributed by atoms with van der Waals surface area (Å²) < 4.78 is 17.2. The van der Waals surface area contributed by atoms with Gasteiger partial charge >= 0.3 is 0 Å². The Morgan fingerprint density at radius 1 is 0.775 bits per heavy atom. The molecule has 0 radical (unpaired) electrons. The highest BCUT2D eigenvalue weighted by Gasteiger charge is 2.51. The van der Waals surface area contributed by atoms with E-state index < -0.39 is 86.1 Å². The lowest BCUT2D eigenvalue weighted by molar-refractivity contribution is -0.277. The third-order valence-corrected chi connectivity index (χ3v) is 7.83. The van der Waals surface area contributed by atoms with Crippen molar-refractivity contribution in [3.05, 3.63) is 58.1 Å². The number of hydrogen-bond acceptors (Lipinski definition) is 13. The minimum atomic E-state index is -1.77. The summed E-state index contributed by atoms with van der Waals surface area (Å²) >= 11 is 0. The zero-order valence-electron chi connectivity index (χ0n) is 21.3. The molecule has 2 aromatic rings. The van der Waals surface area contributed by atoms with Crippen molar-refractivity contribution >= 4 is 5.78 Å². The number of phenols is 1. The first-order chi connectivity index (χ1) is 19.0. The Hall–Kier alpha value is -2.69. The first-order valence-corrected chi connectivity index (χ1v) is 12.8. The Kier molecular flexibility index (Phi) is 7.89. The van der Waals surface area contributed by atoms with Crippen LogP contribution in [0.1, 0.15) is 38.5 Å². The van der Waals surface area contributed by atoms with Crippen LogP contribution in [0.2, 0.25) is 0 Å². The maximum atomic E-state index is 13.9. The zero-order chi connectivity index (χ0) is 29.0. The molecule has 2 saturated heterocycles. The van der Waals surface area contributed by atoms with Gasteiger partial charge in [0.2, 0.25) is 12.1 Å². The molecule has 0 saturated carbocycles. The van der Waals surface area contributed by atoms with Gasteiger partial charge in [0, 0.05) is 5.92 Å². The summed E-state index contributed by atoms with van der Waals surface area (Å²) in [6.45, 7) is 0.301. The molecule has 9 N–H and O–H groups in total. The summed E-state index contributed by atoms with van der Waals surface area (Å²) in [6.07, 6.45) is -15.6. The first-order valence-electron chi connectivity index (χ1n) is 12.8. The fourth-order valence-electron chi connectivity index (χ4n) is 5.77. The molecule has 40 heavy (non-hydrogen) atoms. The van der Waals surface area contributed by atoms with E-state index in [-0.39, 0.29) is 33.8 Å². The van der Waals surface area contributed by atoms with E-state index in [9.17, 15) is 50.8 Å². The number of aryl methyl sites for hydroxylation is 1. The molecule has 13 nitrogen and oxygen atoms in total. The van der Waals surface area contributed by atoms with Crippen LogP contribution in [0.15, 0.2) is 30.3 Å². The third-order valence-electron chi connectivity index (χ3n) is 7.83. The molecular weight excluding hydrogens is 532 g/mol. The number of carbonyl (C=O) groups is 1. The summed E-state index contributed by atoms with van der Waals surface area (Å²) in [6, 6.07) is 7.39. The van der Waals surface area contributed by atoms with Crippen molar-refractivity contribution in [1.82, 2.24) is 0 Å². The lowest BCUT2D eigenvalue weighted by Crippen LogP contribution is -2.60. The van der Waals surface area contributed by atoms with Crippen LogP contribution < -0.4 is 4.74 Å². The van der Waals surface area contributed by atoms with Crippen LogP contribution in [-0.2, 0) is 9.47 Å². The van der Waals surface area contributed by atoms with Crippen LogP contribution in [0.3, 0.4) is 0 Å². The van der Waals surface area contributed by atoms with Gasteiger partial charge < -0.3 is 60.2 Å². The van der Waals surface area contributed by atoms with Gasteiger partial charge in [-0.15, -0.1) is 0 Å². The second-order valence-corrected chi connectivity index (χ2v) is 10.4. The SMILES string of the molecule is Cc1cc(O[C@@H]2O[C@H](CO)[C@@H](O)[C@H](O)[C@H]2O)c2c(c1)[C@H]([C@@H]1O[C@H](CO)[C@@H](O)[C@H](O)[C@H]1O)c1cccc(O)c1C2=O. The van der Waals surface area contributed by atoms with Crippen LogP contribution >= 0.6 is 0 Å². The molecule has 11 atom stereocenters. The Morgan fingerprint density at radius 2 is 1.40 bits per heavy atom. The van der Waals surface area contributed by atoms with Crippen LogP contribution in [-0.4, -0.2) is 126 Å². The van der Waals surface area contributed by atoms with Gasteiger partial charge in [0.15, 0.2) is 0 Å². The Bertz CT molecular complexity index is 1260. The van der Waals surface area contributed by atoms with E-state index in [4.69, 9.17) is 14.2 Å². The van der Waals surface area contributed by atoms with E-state index in [1.54, 1.807) is 19.1 Å². The third kappa shape index (κ3) is 4.58. The molecule has 3 aliphatic rings. The molecular formula is C27H32O13. The van der Waals surface area contributed by atoms with Crippen LogP contribution in [0, 0.1) is 6.92 Å². The number of benzene rings is 2. The van der Waals surface area contributed by atoms with Gasteiger partial charge in [-0.1, -0.05) is 18.2 Å². The van der Waals surface area contributed by atoms with Crippen LogP contribution in [0.5, 0.6) is 11.5 Å². The predicted octanol–water partition coefficient (Wildman–Crippen LogP) is -2.60. The van der Waals surface area contributed by atoms with E-state index in [1.165, 1.54) is 18.2 Å². The lowest BCUT2D eigenvalue weighted by atomic mass is 9.71. The van der Waals surface area contributed by atoms with E-state index in [2.05, 4.69) is 0 Å². The average molecular weight is 565 g/mol. The van der Waals surface area contributed by atoms with E-state index >= 15 is 0 Å². The molecule has 0 bridgehead atoms. The van der Waals surface area contributed by atoms with Crippen LogP contribution in [0.4, 0.5) is 0 Å². The van der Waals surface area contributed by atoms with E-state index in [1.807, 2.05) is 0 Å². The van der Waals surface area contributed by atoms with Crippen molar-refractivity contribution in [2.45, 2.75) is 74.1 Å². The number of ketones is 1. The molecule has 2 heterocycles. The molecule has 13 heteroatoms. The smallest absolute Gasteiger partial charge is 0.229 e. The molecule has 0 unspecified atom stereocenters. The van der Waals surface area contributed by atoms with Gasteiger partial charge in [-0.2, -0.15) is 0 Å². The van der Waals surface area contributed by atoms with Crippen molar-refractivity contribution in [2.24, 2.45) is 0 Å². The molecule has 2 fully saturated rings. The van der Waals surface area contributed by atoms with Gasteiger partial charge in [0.05, 0.1) is 30.4 Å². The maximum absolute atomic E-state index is 13.9. The molecule has 2 aliphatic heterocycles. The molecule has 218 valence electrons. The number of fused-ring (bicyclic) bond motifs is 2. The number of ether oxygens (including phenoxy) is 3. The second kappa shape index (κ2) is 10.9. The van der Waals surface area contributed by atoms with Gasteiger partial charge in [-0.3, -0.25) is 4.79 Å². The standard InChI is InChI=1S/C27H32O13/c1-9-5-11-16(26-24(36)22(34)19(31)14(7-28)38-26)10-3-2-4-12(30)17(10)21(33)18(11)13(6-9)39-27-25(37)23(35)20(32)15(8-29)40-27/h2-6,14-16,19-20,22-32,34-37H,7-8H2,1H3/t14-,15-,16-,19-,20-,22+,23+,24-,25-,26+,27-/m1/s1. The minimum Gasteiger partial charge on any atom is -0.507 e. The lowest BCUT2D eigenvalue weighted by Gasteiger charge is -2.45. The summed E-state index contributed by atoms with van der Waals surface area (Å²) in [5.41, 5.74) is 0.820. The van der Waals surface area contributed by atoms with Gasteiger partial charge in [0.1, 0.15) is 60.3 Å². The fraction of sp³-hybridized carbons (Fsp3) is 0.519. The molecule has 2 aromatic carbocycles. The summed E-state index contributed by atoms with van der Waals surface area (Å²) in [4.78, 5) is 13.9. The Labute approximate surface area is 228 Å². The molecule has 0 amide bonds. The normalized spacial score (nSPS) is 37.5. The summed E-state index contributed by atoms with van der Waals surface area (Å²) in [7, 11) is 0. The van der Waals surface area contributed by atoms with Gasteiger partial charge in [-0.05, 0) is 35.7 Å². The van der Waals surface area contributed by atoms with E-state index in [0.717, 1.165) is 0 Å². The maximum Gasteiger partial charge on any atom is 0.229 e. The quantitative estimate of drug-likeness (QED) is 0.182. The fourth-order valence-corrected chi connectivity index (χ4v) is 5.77. The number of phenolic OH excluding ortho intramolecular Hbond substituents is 1. The van der Waals surface area contributed by atoms with Crippen molar-refractivity contribution in [1.29, 1.82) is 0 Å². The number of aliphatic hydroxyl groups is 8. The summed E-state index contributed by atoms with van der Waals surface area (Å²) in [5, 5.41) is 92.7.